The Hall–Kier alpha value is -3.35. The number of ketones is 2. The Morgan fingerprint density at radius 3 is 2.21 bits per heavy atom. The lowest BCUT2D eigenvalue weighted by Gasteiger charge is -2.36. The summed E-state index contributed by atoms with van der Waals surface area (Å²) < 4.78 is 0. The third-order valence-electron chi connectivity index (χ3n) is 6.36. The molecule has 210 valence electrons. The fourth-order valence-electron chi connectivity index (χ4n) is 4.27. The highest BCUT2D eigenvalue weighted by Crippen LogP contribution is 2.28. The highest BCUT2D eigenvalue weighted by atomic mass is 32.1. The van der Waals surface area contributed by atoms with Gasteiger partial charge < -0.3 is 26.6 Å². The summed E-state index contributed by atoms with van der Waals surface area (Å²) in [5.41, 5.74) is 4.28. The minimum absolute atomic E-state index is 0.0208. The molecule has 1 saturated heterocycles. The molecule has 3 unspecified atom stereocenters. The van der Waals surface area contributed by atoms with Gasteiger partial charge in [-0.1, -0.05) is 41.5 Å². The number of rotatable bonds is 10. The molecular formula is C25H38N6O6S. The van der Waals surface area contributed by atoms with Crippen molar-refractivity contribution >= 4 is 46.7 Å². The lowest BCUT2D eigenvalue weighted by Crippen LogP contribution is -2.61. The van der Waals surface area contributed by atoms with Gasteiger partial charge in [0.15, 0.2) is 5.01 Å². The molecule has 1 fully saturated rings. The predicted octanol–water partition coefficient (Wildman–Crippen LogP) is 0.860. The lowest BCUT2D eigenvalue weighted by atomic mass is 9.85. The Balaban J connectivity index is 2.21. The molecule has 0 aliphatic carbocycles. The zero-order valence-corrected chi connectivity index (χ0v) is 23.7. The average Bonchev–Trinajstić information content (AvgIpc) is 3.48. The van der Waals surface area contributed by atoms with Gasteiger partial charge in [0.1, 0.15) is 12.1 Å². The van der Waals surface area contributed by atoms with Crippen molar-refractivity contribution in [2.75, 3.05) is 6.54 Å². The Kier molecular flexibility index (Phi) is 10.1. The van der Waals surface area contributed by atoms with Gasteiger partial charge >= 0.3 is 6.03 Å². The van der Waals surface area contributed by atoms with E-state index >= 15 is 0 Å². The van der Waals surface area contributed by atoms with Gasteiger partial charge in [-0.25, -0.2) is 9.78 Å². The highest BCUT2D eigenvalue weighted by molar-refractivity contribution is 7.11. The van der Waals surface area contributed by atoms with Gasteiger partial charge in [-0.15, -0.1) is 11.3 Å². The fraction of sp³-hybridized carbons (Fsp3) is 0.640. The highest BCUT2D eigenvalue weighted by Gasteiger charge is 2.44. The van der Waals surface area contributed by atoms with E-state index in [1.54, 1.807) is 40.0 Å². The minimum Gasteiger partial charge on any atom is -0.363 e. The largest absolute Gasteiger partial charge is 0.363 e. The number of hydrogen-bond acceptors (Lipinski definition) is 8. The van der Waals surface area contributed by atoms with E-state index in [1.165, 1.54) is 29.4 Å². The molecule has 5 N–H and O–H groups in total. The molecule has 0 aromatic carbocycles. The van der Waals surface area contributed by atoms with E-state index in [1.807, 2.05) is 6.92 Å². The van der Waals surface area contributed by atoms with E-state index in [0.29, 0.717) is 6.42 Å². The summed E-state index contributed by atoms with van der Waals surface area (Å²) in [6.45, 7) is 12.4. The molecule has 2 heterocycles. The van der Waals surface area contributed by atoms with Crippen molar-refractivity contribution in [2.45, 2.75) is 79.1 Å². The average molecular weight is 551 g/mol. The second-order valence-corrected chi connectivity index (χ2v) is 12.0. The maximum atomic E-state index is 13.7. The Labute approximate surface area is 226 Å². The number of carbonyl (C=O) groups excluding carboxylic acids is 6. The molecule has 5 atom stereocenters. The van der Waals surface area contributed by atoms with Gasteiger partial charge in [-0.2, -0.15) is 0 Å². The van der Waals surface area contributed by atoms with E-state index in [4.69, 9.17) is 5.73 Å². The van der Waals surface area contributed by atoms with Gasteiger partial charge in [-0.3, -0.25) is 24.0 Å². The number of urea groups is 1. The minimum atomic E-state index is -1.17. The quantitative estimate of drug-likeness (QED) is 0.246. The summed E-state index contributed by atoms with van der Waals surface area (Å²) in [6, 6.07) is -4.62. The molecule has 1 aromatic rings. The normalized spacial score (nSPS) is 19.8. The van der Waals surface area contributed by atoms with E-state index < -0.39 is 59.1 Å². The summed E-state index contributed by atoms with van der Waals surface area (Å²) in [5.74, 6) is -3.75. The van der Waals surface area contributed by atoms with Crippen molar-refractivity contribution < 1.29 is 28.8 Å². The number of nitrogens with two attached hydrogens (primary N) is 1. The first kappa shape index (κ1) is 30.9. The van der Waals surface area contributed by atoms with Gasteiger partial charge in [0.05, 0.1) is 12.1 Å². The monoisotopic (exact) mass is 550 g/mol. The standard InChI is InChI=1S/C25H38N6O6S/c1-12(2)16(18(33)22-27-8-9-38-22)29-24(37)30-19(25(5,6)7)23(36)31-11-13(3)10-15(31)21(35)28-14(4)17(32)20(26)34/h8-9,12-16,19H,10-11H2,1-7H3,(H2,26,34)(H,28,35)(H2,29,30,37)/t13-,14?,15+,16?,19?/m1/s1. The number of amides is 5. The number of primary amides is 1. The molecule has 5 amide bonds. The molecule has 0 saturated carbocycles. The topological polar surface area (TPSA) is 181 Å². The molecule has 1 aliphatic rings. The van der Waals surface area contributed by atoms with Crippen LogP contribution in [0.5, 0.6) is 0 Å². The molecule has 0 radical (unpaired) electrons. The van der Waals surface area contributed by atoms with Crippen LogP contribution >= 0.6 is 11.3 Å². The molecule has 0 spiro atoms. The first-order valence-electron chi connectivity index (χ1n) is 12.5. The molecule has 12 nitrogen and oxygen atoms in total. The third kappa shape index (κ3) is 7.59. The third-order valence-corrected chi connectivity index (χ3v) is 7.15. The summed E-state index contributed by atoms with van der Waals surface area (Å²) in [6.07, 6.45) is 1.85. The molecule has 2 rings (SSSR count). The zero-order valence-electron chi connectivity index (χ0n) is 22.9. The molecule has 13 heteroatoms. The molecule has 38 heavy (non-hydrogen) atoms. The number of hydrogen-bond donors (Lipinski definition) is 4. The number of nitrogens with zero attached hydrogens (tertiary/aromatic N) is 2. The number of thiazole rings is 1. The summed E-state index contributed by atoms with van der Waals surface area (Å²) in [5, 5.41) is 9.80. The van der Waals surface area contributed by atoms with Crippen LogP contribution in [0.25, 0.3) is 0 Å². The number of Topliss-reactive ketones (excluding diaryl/α,β-unsaturated/α-hetero) is 2. The van der Waals surface area contributed by atoms with Gasteiger partial charge in [-0.05, 0) is 30.6 Å². The molecule has 1 aliphatic heterocycles. The van der Waals surface area contributed by atoms with Crippen LogP contribution in [0, 0.1) is 17.3 Å². The Morgan fingerprint density at radius 1 is 1.08 bits per heavy atom. The van der Waals surface area contributed by atoms with Gasteiger partial charge in [0.25, 0.3) is 5.91 Å². The maximum Gasteiger partial charge on any atom is 0.316 e. The van der Waals surface area contributed by atoms with E-state index in [2.05, 4.69) is 20.9 Å². The van der Waals surface area contributed by atoms with Crippen LogP contribution < -0.4 is 21.7 Å². The van der Waals surface area contributed by atoms with Crippen LogP contribution in [0.3, 0.4) is 0 Å². The summed E-state index contributed by atoms with van der Waals surface area (Å²) in [4.78, 5) is 81.1. The van der Waals surface area contributed by atoms with Crippen molar-refractivity contribution in [3.8, 4) is 0 Å². The number of nitrogens with one attached hydrogen (secondary N) is 3. The molecular weight excluding hydrogens is 512 g/mol. The van der Waals surface area contributed by atoms with Crippen molar-refractivity contribution in [1.82, 2.24) is 25.8 Å². The SMILES string of the molecule is CC(NC(=O)[C@@H]1C[C@@H](C)CN1C(=O)C(NC(=O)NC(C(=O)c1nccs1)C(C)C)C(C)(C)C)C(=O)C(N)=O. The van der Waals surface area contributed by atoms with Crippen molar-refractivity contribution in [3.63, 3.8) is 0 Å². The molecule has 1 aromatic heterocycles. The number of carbonyl (C=O) groups is 6. The van der Waals surface area contributed by atoms with Crippen LogP contribution in [0.1, 0.15) is 64.7 Å². The summed E-state index contributed by atoms with van der Waals surface area (Å²) in [7, 11) is 0. The molecule has 0 bridgehead atoms. The summed E-state index contributed by atoms with van der Waals surface area (Å²) >= 11 is 1.18. The van der Waals surface area contributed by atoms with Crippen LogP contribution in [0.15, 0.2) is 11.6 Å². The van der Waals surface area contributed by atoms with Crippen LogP contribution in [0.4, 0.5) is 4.79 Å². The predicted molar refractivity (Wildman–Crippen MR) is 141 cm³/mol. The van der Waals surface area contributed by atoms with Crippen molar-refractivity contribution in [1.29, 1.82) is 0 Å². The van der Waals surface area contributed by atoms with E-state index in [0.717, 1.165) is 0 Å². The zero-order chi connectivity index (χ0) is 28.9. The van der Waals surface area contributed by atoms with E-state index in [-0.39, 0.29) is 29.2 Å². The maximum absolute atomic E-state index is 13.7. The van der Waals surface area contributed by atoms with Crippen molar-refractivity contribution in [2.24, 2.45) is 23.0 Å². The van der Waals surface area contributed by atoms with Crippen LogP contribution in [-0.2, 0) is 19.2 Å². The number of likely N-dealkylation sites (tertiary alicyclic amines) is 1. The van der Waals surface area contributed by atoms with Crippen LogP contribution in [0.2, 0.25) is 0 Å². The van der Waals surface area contributed by atoms with Crippen molar-refractivity contribution in [3.05, 3.63) is 16.6 Å². The number of aromatic nitrogens is 1. The Bertz CT molecular complexity index is 1070. The Morgan fingerprint density at radius 2 is 1.71 bits per heavy atom. The first-order valence-corrected chi connectivity index (χ1v) is 13.4. The lowest BCUT2D eigenvalue weighted by molar-refractivity contribution is -0.143. The van der Waals surface area contributed by atoms with Gasteiger partial charge in [0, 0.05) is 18.1 Å². The second-order valence-electron chi connectivity index (χ2n) is 11.1. The second kappa shape index (κ2) is 12.5. The smallest absolute Gasteiger partial charge is 0.316 e. The van der Waals surface area contributed by atoms with Gasteiger partial charge in [0.2, 0.25) is 23.4 Å². The van der Waals surface area contributed by atoms with E-state index in [9.17, 15) is 28.8 Å². The fourth-order valence-corrected chi connectivity index (χ4v) is 4.88. The van der Waals surface area contributed by atoms with Crippen LogP contribution in [-0.4, -0.2) is 75.9 Å². The first-order chi connectivity index (χ1) is 17.5.